The number of rotatable bonds is 8. The van der Waals surface area contributed by atoms with Gasteiger partial charge in [0.05, 0.1) is 0 Å². The molecule has 7 rings (SSSR count). The molecule has 4 aliphatic rings. The molecule has 0 bridgehead atoms. The summed E-state index contributed by atoms with van der Waals surface area (Å²) >= 11 is 0. The molecule has 11 nitrogen and oxygen atoms in total. The normalized spacial score (nSPS) is 18.1. The van der Waals surface area contributed by atoms with Gasteiger partial charge in [-0.3, -0.25) is 19.9 Å². The maximum atomic E-state index is 12.3. The lowest BCUT2D eigenvalue weighted by Crippen LogP contribution is -2.50. The third kappa shape index (κ3) is 10.9. The topological polar surface area (TPSA) is 116 Å². The number of aliphatic hydroxyl groups excluding tert-OH is 1. The Balaban J connectivity index is 0.000000562. The van der Waals surface area contributed by atoms with Crippen LogP contribution in [-0.2, 0) is 17.8 Å². The lowest BCUT2D eigenvalue weighted by atomic mass is 9.95. The molecule has 0 aliphatic carbocycles. The van der Waals surface area contributed by atoms with Gasteiger partial charge < -0.3 is 25.5 Å². The molecule has 4 aliphatic heterocycles. The van der Waals surface area contributed by atoms with Crippen molar-refractivity contribution in [2.24, 2.45) is 5.92 Å². The second-order valence-electron chi connectivity index (χ2n) is 14.0. The van der Waals surface area contributed by atoms with E-state index in [1.54, 1.807) is 4.90 Å². The lowest BCUT2D eigenvalue weighted by molar-refractivity contribution is -0.120. The minimum Gasteiger partial charge on any atom is -0.506 e. The number of hydrogen-bond donors (Lipinski definition) is 4. The van der Waals surface area contributed by atoms with E-state index < -0.39 is 11.4 Å². The summed E-state index contributed by atoms with van der Waals surface area (Å²) in [6.45, 7) is 18.6. The summed E-state index contributed by atoms with van der Waals surface area (Å²) in [7, 11) is 1.15. The van der Waals surface area contributed by atoms with Crippen LogP contribution in [0.1, 0.15) is 49.8 Å². The first-order chi connectivity index (χ1) is 25.9. The van der Waals surface area contributed by atoms with Gasteiger partial charge in [-0.05, 0) is 104 Å². The molecule has 3 amide bonds. The van der Waals surface area contributed by atoms with Crippen LogP contribution in [0.5, 0.6) is 0 Å². The van der Waals surface area contributed by atoms with Gasteiger partial charge in [-0.25, -0.2) is 9.78 Å². The van der Waals surface area contributed by atoms with Crippen molar-refractivity contribution < 1.29 is 23.5 Å². The molecule has 0 spiro atoms. The standard InChI is InChI=1S/C35H44N8O2.C3H5F2OP.C2H6/c1-25-20-31(6-7-32(25)43-15-11-34(44)39-35(43)45)42-18-16-40(17-19-42)24-26-9-13-41(14-10-26)30-4-2-29(3-5-30)38-33-21-28-22-36-12-8-27(28)23-37-33;1-2(6)3(4,5)7;1-2/h2-7,20-21,23,26,36H,8-19,22,24H2,1H3,(H,37,38)(H,39,44,45);6H,1,7H2;1-2H3. The molecule has 14 heteroatoms. The maximum Gasteiger partial charge on any atom is 0.328 e. The predicted octanol–water partition coefficient (Wildman–Crippen LogP) is 6.82. The van der Waals surface area contributed by atoms with Crippen molar-refractivity contribution in [3.05, 3.63) is 83.8 Å². The Kier molecular flexibility index (Phi) is 14.2. The molecule has 292 valence electrons. The fourth-order valence-corrected chi connectivity index (χ4v) is 7.19. The van der Waals surface area contributed by atoms with Crippen LogP contribution in [0, 0.1) is 12.8 Å². The number of allylic oxidation sites excluding steroid dienone is 1. The number of nitrogens with one attached hydrogen (secondary N) is 3. The van der Waals surface area contributed by atoms with Gasteiger partial charge in [0, 0.05) is 94.3 Å². The molecule has 54 heavy (non-hydrogen) atoms. The number of aliphatic hydroxyl groups is 1. The van der Waals surface area contributed by atoms with E-state index in [4.69, 9.17) is 5.11 Å². The summed E-state index contributed by atoms with van der Waals surface area (Å²) in [5, 5.41) is 17.3. The molecule has 1 atom stereocenters. The van der Waals surface area contributed by atoms with Crippen LogP contribution in [0.25, 0.3) is 0 Å². The summed E-state index contributed by atoms with van der Waals surface area (Å²) in [6.07, 6.45) is 5.86. The molecule has 0 saturated carbocycles. The molecule has 0 radical (unpaired) electrons. The van der Waals surface area contributed by atoms with E-state index in [9.17, 15) is 18.4 Å². The molecular weight excluding hydrogens is 709 g/mol. The van der Waals surface area contributed by atoms with Gasteiger partial charge in [0.1, 0.15) is 5.82 Å². The van der Waals surface area contributed by atoms with Gasteiger partial charge in [0.25, 0.3) is 0 Å². The number of aromatic nitrogens is 1. The van der Waals surface area contributed by atoms with Gasteiger partial charge in [0.15, 0.2) is 5.76 Å². The SMILES string of the molecule is C=C(O)C(F)(F)P.CC.Cc1cc(N2CCN(CC3CCN(c4ccc(Nc5cc6c(cn5)CCNC6)cc4)CC3)CC2)ccc1N1CCC(=O)NC1=O. The Morgan fingerprint density at radius 3 is 2.22 bits per heavy atom. The minimum absolute atomic E-state index is 0.204. The van der Waals surface area contributed by atoms with Crippen LogP contribution in [0.4, 0.5) is 42.1 Å². The zero-order valence-corrected chi connectivity index (χ0v) is 32.9. The van der Waals surface area contributed by atoms with Crippen molar-refractivity contribution >= 4 is 49.7 Å². The van der Waals surface area contributed by atoms with E-state index in [1.807, 2.05) is 33.0 Å². The highest BCUT2D eigenvalue weighted by Gasteiger charge is 2.28. The summed E-state index contributed by atoms with van der Waals surface area (Å²) in [5.41, 5.74) is 4.97. The van der Waals surface area contributed by atoms with Crippen LogP contribution in [0.15, 0.2) is 67.1 Å². The number of alkyl halides is 2. The number of benzene rings is 2. The van der Waals surface area contributed by atoms with Crippen molar-refractivity contribution in [1.29, 1.82) is 0 Å². The number of hydrogen-bond acceptors (Lipinski definition) is 9. The Morgan fingerprint density at radius 1 is 0.944 bits per heavy atom. The number of fused-ring (bicyclic) bond motifs is 1. The Labute approximate surface area is 320 Å². The molecule has 3 saturated heterocycles. The molecular formula is C40H55F2N8O3P. The Hall–Kier alpha value is -4.32. The number of halogens is 2. The van der Waals surface area contributed by atoms with Crippen LogP contribution >= 0.6 is 9.24 Å². The van der Waals surface area contributed by atoms with Crippen molar-refractivity contribution in [2.45, 2.75) is 58.7 Å². The van der Waals surface area contributed by atoms with Crippen molar-refractivity contribution in [3.63, 3.8) is 0 Å². The molecule has 3 fully saturated rings. The zero-order valence-electron chi connectivity index (χ0n) is 31.7. The third-order valence-corrected chi connectivity index (χ3v) is 10.6. The second kappa shape index (κ2) is 18.8. The summed E-state index contributed by atoms with van der Waals surface area (Å²) < 4.78 is 22.9. The zero-order chi connectivity index (χ0) is 38.8. The molecule has 3 aromatic rings. The average molecular weight is 765 g/mol. The smallest absolute Gasteiger partial charge is 0.328 e. The number of aryl methyl sites for hydroxylation is 1. The van der Waals surface area contributed by atoms with Crippen molar-refractivity contribution in [3.8, 4) is 0 Å². The summed E-state index contributed by atoms with van der Waals surface area (Å²) in [4.78, 5) is 37.7. The fourth-order valence-electron chi connectivity index (χ4n) is 7.19. The number of amides is 3. The predicted molar refractivity (Wildman–Crippen MR) is 217 cm³/mol. The van der Waals surface area contributed by atoms with E-state index in [-0.39, 0.29) is 11.9 Å². The number of piperazine rings is 1. The van der Waals surface area contributed by atoms with E-state index >= 15 is 0 Å². The number of pyridine rings is 1. The maximum absolute atomic E-state index is 12.3. The van der Waals surface area contributed by atoms with Crippen molar-refractivity contribution in [2.75, 3.05) is 78.9 Å². The first-order valence-electron chi connectivity index (χ1n) is 19.0. The lowest BCUT2D eigenvalue weighted by Gasteiger charge is -2.40. The minimum atomic E-state index is -3.22. The van der Waals surface area contributed by atoms with Gasteiger partial charge in [-0.2, -0.15) is 8.78 Å². The average Bonchev–Trinajstić information content (AvgIpc) is 3.17. The number of anilines is 5. The monoisotopic (exact) mass is 764 g/mol. The van der Waals surface area contributed by atoms with E-state index in [0.717, 1.165) is 96.7 Å². The molecule has 5 heterocycles. The number of carbonyl (C=O) groups excluding carboxylic acids is 2. The molecule has 1 aromatic heterocycles. The van der Waals surface area contributed by atoms with E-state index in [1.165, 1.54) is 41.9 Å². The first kappa shape index (κ1) is 40.9. The number of carbonyl (C=O) groups is 2. The summed E-state index contributed by atoms with van der Waals surface area (Å²) in [6, 6.07) is 17.0. The van der Waals surface area contributed by atoms with Crippen LogP contribution < -0.4 is 30.7 Å². The van der Waals surface area contributed by atoms with Crippen LogP contribution in [-0.4, -0.2) is 91.5 Å². The number of nitrogens with zero attached hydrogens (tertiary/aromatic N) is 5. The fraction of sp³-hybridized carbons (Fsp3) is 0.475. The first-order valence-corrected chi connectivity index (χ1v) is 19.6. The largest absolute Gasteiger partial charge is 0.506 e. The number of urea groups is 1. The Bertz CT molecular complexity index is 1740. The van der Waals surface area contributed by atoms with E-state index in [2.05, 4.69) is 84.7 Å². The molecule has 2 aromatic carbocycles. The molecule has 1 unspecified atom stereocenters. The quantitative estimate of drug-likeness (QED) is 0.145. The van der Waals surface area contributed by atoms with Crippen LogP contribution in [0.3, 0.4) is 0 Å². The van der Waals surface area contributed by atoms with E-state index in [0.29, 0.717) is 13.0 Å². The summed E-state index contributed by atoms with van der Waals surface area (Å²) in [5.74, 6) is 0.313. The van der Waals surface area contributed by atoms with Crippen LogP contribution in [0.2, 0.25) is 0 Å². The highest BCUT2D eigenvalue weighted by atomic mass is 31.0. The van der Waals surface area contributed by atoms with Gasteiger partial charge >= 0.3 is 11.7 Å². The van der Waals surface area contributed by atoms with Crippen molar-refractivity contribution in [1.82, 2.24) is 20.5 Å². The van der Waals surface area contributed by atoms with Gasteiger partial charge in [-0.1, -0.05) is 29.7 Å². The van der Waals surface area contributed by atoms with Gasteiger partial charge in [-0.15, -0.1) is 0 Å². The van der Waals surface area contributed by atoms with Gasteiger partial charge in [0.2, 0.25) is 5.91 Å². The molecule has 4 N–H and O–H groups in total. The number of piperidine rings is 1. The highest BCUT2D eigenvalue weighted by Crippen LogP contribution is 2.30. The second-order valence-corrected chi connectivity index (χ2v) is 14.7. The third-order valence-electron chi connectivity index (χ3n) is 10.3. The highest BCUT2D eigenvalue weighted by molar-refractivity contribution is 7.18. The Morgan fingerprint density at radius 2 is 1.59 bits per heavy atom. The number of imide groups is 1.